The molecule has 1 N–H and O–H groups in total. The van der Waals surface area contributed by atoms with Crippen LogP contribution in [0, 0.1) is 5.82 Å². The maximum atomic E-state index is 13.3. The average molecular weight is 228 g/mol. The van der Waals surface area contributed by atoms with Gasteiger partial charge in [0.05, 0.1) is 12.1 Å². The minimum Gasteiger partial charge on any atom is -0.307 e. The van der Waals surface area contributed by atoms with Gasteiger partial charge in [0, 0.05) is 11.1 Å². The molecule has 2 rings (SSSR count). The van der Waals surface area contributed by atoms with E-state index in [0.29, 0.717) is 11.1 Å². The first-order valence-corrected chi connectivity index (χ1v) is 5.26. The normalized spacial score (nSPS) is 15.3. The Morgan fingerprint density at radius 3 is 2.87 bits per heavy atom. The summed E-state index contributed by atoms with van der Waals surface area (Å²) in [5.74, 6) is -0.777. The highest BCUT2D eigenvalue weighted by atomic mass is 35.5. The highest BCUT2D eigenvalue weighted by Gasteiger charge is 2.22. The van der Waals surface area contributed by atoms with Gasteiger partial charge < -0.3 is 5.32 Å². The van der Waals surface area contributed by atoms with E-state index in [9.17, 15) is 9.18 Å². The van der Waals surface area contributed by atoms with Gasteiger partial charge >= 0.3 is 0 Å². The number of benzene rings is 1. The Hall–Kier alpha value is -0.930. The third kappa shape index (κ3) is 2.76. The van der Waals surface area contributed by atoms with E-state index in [2.05, 4.69) is 5.32 Å². The molecule has 80 valence electrons. The molecule has 0 amide bonds. The number of ketones is 1. The number of halogens is 2. The molecule has 0 saturated heterocycles. The zero-order valence-electron chi connectivity index (χ0n) is 8.09. The maximum Gasteiger partial charge on any atom is 0.179 e. The molecule has 0 aromatic heterocycles. The molecule has 1 aromatic carbocycles. The van der Waals surface area contributed by atoms with Crippen molar-refractivity contribution in [1.29, 1.82) is 0 Å². The maximum absolute atomic E-state index is 13.3. The lowest BCUT2D eigenvalue weighted by molar-refractivity contribution is 0.0986. The van der Waals surface area contributed by atoms with Crippen LogP contribution in [-0.4, -0.2) is 18.4 Å². The summed E-state index contributed by atoms with van der Waals surface area (Å²) in [5, 5.41) is 3.35. The molecule has 1 fully saturated rings. The summed E-state index contributed by atoms with van der Waals surface area (Å²) in [5.41, 5.74) is 0.104. The number of rotatable bonds is 4. The number of nitrogens with one attached hydrogen (secondary N) is 1. The van der Waals surface area contributed by atoms with Crippen molar-refractivity contribution >= 4 is 17.4 Å². The summed E-state index contributed by atoms with van der Waals surface area (Å²) >= 11 is 5.59. The lowest BCUT2D eigenvalue weighted by Crippen LogP contribution is -2.25. The average Bonchev–Trinajstić information content (AvgIpc) is 2.97. The molecular weight excluding hydrogens is 217 g/mol. The minimum atomic E-state index is -0.551. The second kappa shape index (κ2) is 4.29. The van der Waals surface area contributed by atoms with Gasteiger partial charge in [-0.2, -0.15) is 0 Å². The van der Waals surface area contributed by atoms with Gasteiger partial charge in [0.15, 0.2) is 5.78 Å². The van der Waals surface area contributed by atoms with Crippen molar-refractivity contribution in [3.63, 3.8) is 0 Å². The van der Waals surface area contributed by atoms with Gasteiger partial charge in [-0.1, -0.05) is 11.6 Å². The number of hydrogen-bond donors (Lipinski definition) is 1. The molecule has 0 heterocycles. The molecule has 1 aliphatic carbocycles. The molecule has 0 unspecified atom stereocenters. The second-order valence-electron chi connectivity index (χ2n) is 3.70. The predicted octanol–water partition coefficient (Wildman–Crippen LogP) is 2.41. The van der Waals surface area contributed by atoms with Crippen LogP contribution in [0.3, 0.4) is 0 Å². The number of carbonyl (C=O) groups excluding carboxylic acids is 1. The molecule has 0 bridgehead atoms. The van der Waals surface area contributed by atoms with Crippen LogP contribution in [0.4, 0.5) is 4.39 Å². The molecule has 2 nitrogen and oxygen atoms in total. The van der Waals surface area contributed by atoms with Gasteiger partial charge in [-0.05, 0) is 31.0 Å². The van der Waals surface area contributed by atoms with Crippen LogP contribution < -0.4 is 5.32 Å². The smallest absolute Gasteiger partial charge is 0.179 e. The summed E-state index contributed by atoms with van der Waals surface area (Å²) in [7, 11) is 0. The Balaban J connectivity index is 2.03. The molecule has 0 radical (unpaired) electrons. The van der Waals surface area contributed by atoms with Gasteiger partial charge in [-0.25, -0.2) is 4.39 Å². The molecule has 1 aliphatic rings. The highest BCUT2D eigenvalue weighted by molar-refractivity contribution is 6.30. The van der Waals surface area contributed by atoms with E-state index in [-0.39, 0.29) is 17.9 Å². The van der Waals surface area contributed by atoms with Crippen molar-refractivity contribution in [1.82, 2.24) is 5.32 Å². The van der Waals surface area contributed by atoms with Gasteiger partial charge in [-0.15, -0.1) is 0 Å². The Bertz CT molecular complexity index is 390. The van der Waals surface area contributed by atoms with Crippen LogP contribution in [0.1, 0.15) is 23.2 Å². The van der Waals surface area contributed by atoms with Crippen molar-refractivity contribution in [3.8, 4) is 0 Å². The van der Waals surface area contributed by atoms with Crippen LogP contribution in [0.2, 0.25) is 5.02 Å². The van der Waals surface area contributed by atoms with E-state index >= 15 is 0 Å². The predicted molar refractivity (Wildman–Crippen MR) is 56.8 cm³/mol. The van der Waals surface area contributed by atoms with Gasteiger partial charge in [0.25, 0.3) is 0 Å². The molecule has 15 heavy (non-hydrogen) atoms. The van der Waals surface area contributed by atoms with Crippen molar-refractivity contribution in [3.05, 3.63) is 34.6 Å². The van der Waals surface area contributed by atoms with Crippen LogP contribution in [-0.2, 0) is 0 Å². The molecule has 1 aromatic rings. The minimum absolute atomic E-state index is 0.104. The standard InChI is InChI=1S/C11H11ClFNO/c12-7-1-4-9(10(13)5-7)11(15)6-14-8-2-3-8/h1,4-5,8,14H,2-3,6H2. The summed E-state index contributed by atoms with van der Waals surface area (Å²) < 4.78 is 13.3. The van der Waals surface area contributed by atoms with Crippen LogP contribution in [0.25, 0.3) is 0 Å². The zero-order chi connectivity index (χ0) is 10.8. The van der Waals surface area contributed by atoms with Crippen LogP contribution >= 0.6 is 11.6 Å². The lowest BCUT2D eigenvalue weighted by Gasteiger charge is -2.03. The Morgan fingerprint density at radius 1 is 1.53 bits per heavy atom. The Morgan fingerprint density at radius 2 is 2.27 bits per heavy atom. The van der Waals surface area contributed by atoms with Crippen molar-refractivity contribution in [2.24, 2.45) is 0 Å². The monoisotopic (exact) mass is 227 g/mol. The lowest BCUT2D eigenvalue weighted by atomic mass is 10.1. The zero-order valence-corrected chi connectivity index (χ0v) is 8.85. The first kappa shape index (κ1) is 10.6. The van der Waals surface area contributed by atoms with E-state index in [0.717, 1.165) is 18.9 Å². The van der Waals surface area contributed by atoms with Crippen molar-refractivity contribution in [2.75, 3.05) is 6.54 Å². The molecular formula is C11H11ClFNO. The van der Waals surface area contributed by atoms with E-state index in [1.54, 1.807) is 0 Å². The Kier molecular flexibility index (Phi) is 3.03. The SMILES string of the molecule is O=C(CNC1CC1)c1ccc(Cl)cc1F. The fraction of sp³-hybridized carbons (Fsp3) is 0.364. The third-order valence-corrected chi connectivity index (χ3v) is 2.60. The summed E-state index contributed by atoms with van der Waals surface area (Å²) in [6.07, 6.45) is 2.22. The van der Waals surface area contributed by atoms with Crippen LogP contribution in [0.15, 0.2) is 18.2 Å². The van der Waals surface area contributed by atoms with Crippen molar-refractivity contribution in [2.45, 2.75) is 18.9 Å². The molecule has 1 saturated carbocycles. The Labute approximate surface area is 92.4 Å². The van der Waals surface area contributed by atoms with Crippen LogP contribution in [0.5, 0.6) is 0 Å². The van der Waals surface area contributed by atoms with Gasteiger partial charge in [0.1, 0.15) is 5.82 Å². The number of Topliss-reactive ketones (excluding diaryl/α,β-unsaturated/α-hetero) is 1. The van der Waals surface area contributed by atoms with Gasteiger partial charge in [-0.3, -0.25) is 4.79 Å². The van der Waals surface area contributed by atoms with E-state index in [1.165, 1.54) is 12.1 Å². The number of carbonyl (C=O) groups is 1. The molecule has 0 atom stereocenters. The highest BCUT2D eigenvalue weighted by Crippen LogP contribution is 2.19. The van der Waals surface area contributed by atoms with Gasteiger partial charge in [0.2, 0.25) is 0 Å². The first-order valence-electron chi connectivity index (χ1n) is 4.88. The summed E-state index contributed by atoms with van der Waals surface area (Å²) in [4.78, 5) is 11.6. The fourth-order valence-corrected chi connectivity index (χ4v) is 1.49. The molecule has 0 spiro atoms. The van der Waals surface area contributed by atoms with E-state index in [1.807, 2.05) is 0 Å². The van der Waals surface area contributed by atoms with E-state index < -0.39 is 5.82 Å². The topological polar surface area (TPSA) is 29.1 Å². The molecule has 4 heteroatoms. The largest absolute Gasteiger partial charge is 0.307 e. The third-order valence-electron chi connectivity index (χ3n) is 2.36. The fourth-order valence-electron chi connectivity index (χ4n) is 1.34. The quantitative estimate of drug-likeness (QED) is 0.801. The summed E-state index contributed by atoms with van der Waals surface area (Å²) in [6, 6.07) is 4.56. The summed E-state index contributed by atoms with van der Waals surface area (Å²) in [6.45, 7) is 0.198. The number of hydrogen-bond acceptors (Lipinski definition) is 2. The van der Waals surface area contributed by atoms with E-state index in [4.69, 9.17) is 11.6 Å². The second-order valence-corrected chi connectivity index (χ2v) is 4.14. The first-order chi connectivity index (χ1) is 7.16. The molecule has 0 aliphatic heterocycles. The van der Waals surface area contributed by atoms with Crippen molar-refractivity contribution < 1.29 is 9.18 Å².